The molecule has 0 spiro atoms. The van der Waals surface area contributed by atoms with Crippen LogP contribution in [0, 0.1) is 0 Å². The number of thiophene rings is 3. The molecule has 30 rings (SSSR count). The number of furan rings is 3. The molecule has 21 aromatic carbocycles. The number of rotatable bonds is 12. The number of aromatic nitrogens is 3. The summed E-state index contributed by atoms with van der Waals surface area (Å²) in [5.74, 6) is 0. The molecule has 660 valence electrons. The van der Waals surface area contributed by atoms with Crippen molar-refractivity contribution in [2.24, 2.45) is 0 Å². The Hall–Kier alpha value is -17.7. The Morgan fingerprint density at radius 2 is 0.447 bits per heavy atom. The first-order chi connectivity index (χ1) is 69.9. The van der Waals surface area contributed by atoms with Gasteiger partial charge < -0.3 is 27.0 Å². The normalized spacial score (nSPS) is 11.8. The van der Waals surface area contributed by atoms with Gasteiger partial charge in [0.1, 0.15) is 33.5 Å². The summed E-state index contributed by atoms with van der Waals surface area (Å²) in [6, 6.07) is 176. The summed E-state index contributed by atoms with van der Waals surface area (Å²) < 4.78 is 34.8. The van der Waals surface area contributed by atoms with Gasteiger partial charge in [0.05, 0.1) is 47.2 Å². The fourth-order valence-electron chi connectivity index (χ4n) is 21.8. The van der Waals surface area contributed by atoms with Crippen LogP contribution >= 0.6 is 34.0 Å². The number of hydrogen-bond acceptors (Lipinski definition) is 6. The van der Waals surface area contributed by atoms with E-state index in [1.54, 1.807) is 0 Å². The highest BCUT2D eigenvalue weighted by Gasteiger charge is 2.27. The third-order valence-corrected chi connectivity index (χ3v) is 32.0. The van der Waals surface area contributed by atoms with Crippen LogP contribution in [0.3, 0.4) is 0 Å². The van der Waals surface area contributed by atoms with E-state index < -0.39 is 0 Å². The van der Waals surface area contributed by atoms with Crippen molar-refractivity contribution >= 4 is 193 Å². The van der Waals surface area contributed by atoms with Crippen LogP contribution in [-0.4, -0.2) is 13.7 Å². The molecule has 0 amide bonds. The number of benzene rings is 21. The SMILES string of the molecule is c1ccc(-c2ccc3c(c2)oc2cc(-c4cccc(-c5cccc6c5sc5c7ccccc7n(-c7ccccc7)c65)c4)ccc23)cc1.c1ccc(-c2ccc3oc4c(-c5cccc(-c6cccc7c6sc6c8ccccc8n(-c8ccccc8)c76)c5)cccc4c3c2)cc1.c1ccc(-c2cccc3c2oc2cccc(-c4cccc(-c5cccc6c5sc5c7ccccc7n(-c7ccccc7)c65)c4)c23)cc1. The average molecular weight is 1850 g/mol. The van der Waals surface area contributed by atoms with Crippen LogP contribution in [-0.2, 0) is 0 Å². The summed E-state index contributed by atoms with van der Waals surface area (Å²) in [5.41, 5.74) is 37.9. The van der Waals surface area contributed by atoms with Crippen LogP contribution in [0.1, 0.15) is 0 Å². The zero-order chi connectivity index (χ0) is 92.7. The van der Waals surface area contributed by atoms with Crippen LogP contribution in [0.15, 0.2) is 505 Å². The van der Waals surface area contributed by atoms with Gasteiger partial charge in [-0.2, -0.15) is 0 Å². The lowest BCUT2D eigenvalue weighted by atomic mass is 9.95. The topological polar surface area (TPSA) is 54.2 Å². The Balaban J connectivity index is 0.000000104. The van der Waals surface area contributed by atoms with Crippen LogP contribution in [0.25, 0.3) is 277 Å². The van der Waals surface area contributed by atoms with E-state index in [-0.39, 0.29) is 0 Å². The molecule has 0 saturated carbocycles. The van der Waals surface area contributed by atoms with Crippen molar-refractivity contribution in [3.63, 3.8) is 0 Å². The van der Waals surface area contributed by atoms with E-state index in [1.165, 1.54) is 177 Å². The average Bonchev–Trinajstić information content (AvgIpc) is 1.56. The lowest BCUT2D eigenvalue weighted by Gasteiger charge is -2.10. The number of nitrogens with zero attached hydrogens (tertiary/aromatic N) is 3. The highest BCUT2D eigenvalue weighted by atomic mass is 32.1. The summed E-state index contributed by atoms with van der Waals surface area (Å²) >= 11 is 5.69. The van der Waals surface area contributed by atoms with Gasteiger partial charge in [0, 0.05) is 107 Å². The molecule has 0 aliphatic carbocycles. The van der Waals surface area contributed by atoms with Crippen molar-refractivity contribution in [2.45, 2.75) is 0 Å². The molecule has 0 bridgehead atoms. The molecule has 9 heteroatoms. The van der Waals surface area contributed by atoms with Gasteiger partial charge in [0.2, 0.25) is 0 Å². The van der Waals surface area contributed by atoms with E-state index in [0.717, 1.165) is 99.2 Å². The molecule has 9 heterocycles. The smallest absolute Gasteiger partial charge is 0.143 e. The maximum Gasteiger partial charge on any atom is 0.143 e. The summed E-state index contributed by atoms with van der Waals surface area (Å²) in [5, 5.41) is 14.6. The molecule has 9 aromatic heterocycles. The molecule has 0 unspecified atom stereocenters. The number of hydrogen-bond donors (Lipinski definition) is 0. The van der Waals surface area contributed by atoms with Gasteiger partial charge in [-0.25, -0.2) is 0 Å². The number of para-hydroxylation sites is 8. The molecule has 0 aliphatic heterocycles. The van der Waals surface area contributed by atoms with Gasteiger partial charge in [-0.15, -0.1) is 34.0 Å². The third kappa shape index (κ3) is 13.6. The number of fused-ring (bicyclic) bond motifs is 24. The molecular formula is C132H81N3O3S3. The highest BCUT2D eigenvalue weighted by molar-refractivity contribution is 7.28. The largest absolute Gasteiger partial charge is 0.456 e. The van der Waals surface area contributed by atoms with Crippen molar-refractivity contribution < 1.29 is 13.3 Å². The predicted octanol–water partition coefficient (Wildman–Crippen LogP) is 38.7. The summed E-state index contributed by atoms with van der Waals surface area (Å²) in [6.07, 6.45) is 0. The van der Waals surface area contributed by atoms with Gasteiger partial charge in [0.25, 0.3) is 0 Å². The van der Waals surface area contributed by atoms with Gasteiger partial charge in [0.15, 0.2) is 0 Å². The molecule has 0 radical (unpaired) electrons. The minimum absolute atomic E-state index is 0.905. The maximum atomic E-state index is 6.58. The minimum Gasteiger partial charge on any atom is -0.456 e. The van der Waals surface area contributed by atoms with Crippen molar-refractivity contribution in [3.8, 4) is 117 Å². The molecule has 0 N–H and O–H groups in total. The molecule has 6 nitrogen and oxygen atoms in total. The van der Waals surface area contributed by atoms with Crippen molar-refractivity contribution in [1.29, 1.82) is 0 Å². The van der Waals surface area contributed by atoms with Crippen molar-refractivity contribution in [1.82, 2.24) is 13.7 Å². The van der Waals surface area contributed by atoms with Gasteiger partial charge in [-0.3, -0.25) is 0 Å². The van der Waals surface area contributed by atoms with Gasteiger partial charge in [-0.1, -0.05) is 376 Å². The van der Waals surface area contributed by atoms with Crippen LogP contribution in [0.4, 0.5) is 0 Å². The van der Waals surface area contributed by atoms with Gasteiger partial charge in [-0.05, 0) is 204 Å². The summed E-state index contributed by atoms with van der Waals surface area (Å²) in [7, 11) is 0. The Bertz CT molecular complexity index is 10200. The van der Waals surface area contributed by atoms with Crippen LogP contribution in [0.2, 0.25) is 0 Å². The predicted molar refractivity (Wildman–Crippen MR) is 599 cm³/mol. The lowest BCUT2D eigenvalue weighted by Crippen LogP contribution is -1.92. The van der Waals surface area contributed by atoms with E-state index in [2.05, 4.69) is 499 Å². The maximum absolute atomic E-state index is 6.58. The van der Waals surface area contributed by atoms with Crippen molar-refractivity contribution in [2.75, 3.05) is 0 Å². The lowest BCUT2D eigenvalue weighted by molar-refractivity contribution is 0.669. The van der Waals surface area contributed by atoms with E-state index in [4.69, 9.17) is 13.3 Å². The minimum atomic E-state index is 0.905. The monoisotopic (exact) mass is 1850 g/mol. The quantitative estimate of drug-likeness (QED) is 0.122. The molecule has 0 fully saturated rings. The van der Waals surface area contributed by atoms with E-state index in [9.17, 15) is 0 Å². The fraction of sp³-hybridized carbons (Fsp3) is 0. The van der Waals surface area contributed by atoms with Crippen LogP contribution < -0.4 is 0 Å². The van der Waals surface area contributed by atoms with E-state index >= 15 is 0 Å². The Morgan fingerprint density at radius 1 is 0.149 bits per heavy atom. The second kappa shape index (κ2) is 33.6. The standard InChI is InChI=1S/3C44H27NOS/c1-3-13-28(14-4-1)33-21-10-23-36-40-32(20-12-26-39(40)46-42(33)36)29-15-9-16-30(27-29)34-22-11-24-37-41-44(47-43(34)37)35-19-7-8-25-38(35)45(41)31-17-5-2-6-18-31;1-3-12-28(13-4-1)29-24-25-40-38(27-29)35-21-10-19-33(42(35)46-40)30-14-9-15-31(26-30)34-20-11-22-37-41-44(47-43(34)37)36-18-7-8-23-39(36)45(41)32-16-5-2-6-17-32;1-3-11-28(12-4-1)30-21-23-35-36-24-22-31(27-41(36)46-40(35)26-30)29-13-9-14-32(25-29)34-18-10-19-38-42-44(47-43(34)38)37-17-7-8-20-39(37)45(42)33-15-5-2-6-16-33/h3*1-27H. The van der Waals surface area contributed by atoms with Crippen LogP contribution in [0.5, 0.6) is 0 Å². The van der Waals surface area contributed by atoms with Gasteiger partial charge >= 0.3 is 0 Å². The Labute approximate surface area is 822 Å². The Morgan fingerprint density at radius 3 is 0.908 bits per heavy atom. The van der Waals surface area contributed by atoms with Crippen molar-refractivity contribution in [3.05, 3.63) is 491 Å². The summed E-state index contributed by atoms with van der Waals surface area (Å²) in [6.45, 7) is 0. The molecule has 141 heavy (non-hydrogen) atoms. The Kier molecular flexibility index (Phi) is 19.5. The van der Waals surface area contributed by atoms with E-state index in [0.29, 0.717) is 0 Å². The first-order valence-corrected chi connectivity index (χ1v) is 50.2. The molecule has 0 aliphatic rings. The zero-order valence-electron chi connectivity index (χ0n) is 76.1. The second-order valence-corrected chi connectivity index (χ2v) is 39.3. The zero-order valence-corrected chi connectivity index (χ0v) is 78.5. The third-order valence-electron chi connectivity index (χ3n) is 28.2. The summed E-state index contributed by atoms with van der Waals surface area (Å²) in [4.78, 5) is 0. The highest BCUT2D eigenvalue weighted by Crippen LogP contribution is 2.53. The first-order valence-electron chi connectivity index (χ1n) is 47.8. The second-order valence-electron chi connectivity index (χ2n) is 36.3. The van der Waals surface area contributed by atoms with E-state index in [1.807, 2.05) is 40.1 Å². The molecular weight excluding hydrogens is 1770 g/mol. The molecule has 30 aromatic rings. The first kappa shape index (κ1) is 81.6. The fourth-order valence-corrected chi connectivity index (χ4v) is 25.9. The molecule has 0 saturated heterocycles. The molecule has 0 atom stereocenters.